The fourth-order valence-corrected chi connectivity index (χ4v) is 3.40. The smallest absolute Gasteiger partial charge is 0.454 e. The molecule has 3 nitrogen and oxygen atoms in total. The van der Waals surface area contributed by atoms with Crippen molar-refractivity contribution in [1.29, 1.82) is 0 Å². The molecular formula is C21H19ClF3NO2. The van der Waals surface area contributed by atoms with Crippen molar-refractivity contribution < 1.29 is 22.7 Å². The van der Waals surface area contributed by atoms with Crippen LogP contribution in [-0.4, -0.2) is 23.1 Å². The quantitative estimate of drug-likeness (QED) is 0.350. The third-order valence-corrected chi connectivity index (χ3v) is 4.81. The predicted octanol–water partition coefficient (Wildman–Crippen LogP) is 6.07. The molecular weight excluding hydrogens is 391 g/mol. The number of hydrogen-bond acceptors (Lipinski definition) is 2. The molecule has 0 fully saturated rings. The van der Waals surface area contributed by atoms with Crippen molar-refractivity contribution in [1.82, 2.24) is 4.57 Å². The standard InChI is InChI=1S/C21H19ClF3NO2/c1-2-14-7-5-8-15-16(20(27)21(23,24)25)13-26(19(14)15)11-6-12-28-18-10-4-3-9-17(18)22/h3-5,7-10,13H,2,6,11-12H2,1H3. The lowest BCUT2D eigenvalue weighted by molar-refractivity contribution is -0.0884. The van der Waals surface area contributed by atoms with Gasteiger partial charge in [0.05, 0.1) is 22.7 Å². The zero-order chi connectivity index (χ0) is 20.3. The molecule has 0 aliphatic carbocycles. The van der Waals surface area contributed by atoms with Gasteiger partial charge in [0.25, 0.3) is 5.78 Å². The van der Waals surface area contributed by atoms with E-state index in [1.807, 2.05) is 19.1 Å². The second-order valence-corrected chi connectivity index (χ2v) is 6.77. The van der Waals surface area contributed by atoms with Gasteiger partial charge in [0.15, 0.2) is 0 Å². The van der Waals surface area contributed by atoms with Crippen LogP contribution < -0.4 is 4.74 Å². The van der Waals surface area contributed by atoms with E-state index in [2.05, 4.69) is 0 Å². The molecule has 0 bridgehead atoms. The number of fused-ring (bicyclic) bond motifs is 1. The fraction of sp³-hybridized carbons (Fsp3) is 0.286. The SMILES string of the molecule is CCc1cccc2c(C(=O)C(F)(F)F)cn(CCCOc3ccccc3Cl)c12. The van der Waals surface area contributed by atoms with Crippen LogP contribution in [0.1, 0.15) is 29.3 Å². The minimum Gasteiger partial charge on any atom is -0.492 e. The highest BCUT2D eigenvalue weighted by atomic mass is 35.5. The molecule has 0 saturated heterocycles. The zero-order valence-electron chi connectivity index (χ0n) is 15.2. The van der Waals surface area contributed by atoms with Crippen LogP contribution in [-0.2, 0) is 13.0 Å². The van der Waals surface area contributed by atoms with E-state index in [-0.39, 0.29) is 5.56 Å². The molecule has 148 valence electrons. The topological polar surface area (TPSA) is 31.2 Å². The molecule has 0 amide bonds. The van der Waals surface area contributed by atoms with Gasteiger partial charge in [-0.1, -0.05) is 48.9 Å². The van der Waals surface area contributed by atoms with Crippen LogP contribution in [0.2, 0.25) is 5.02 Å². The predicted molar refractivity (Wildman–Crippen MR) is 103 cm³/mol. The number of hydrogen-bond donors (Lipinski definition) is 0. The summed E-state index contributed by atoms with van der Waals surface area (Å²) in [5.41, 5.74) is 1.24. The van der Waals surface area contributed by atoms with Crippen molar-refractivity contribution in [2.75, 3.05) is 6.61 Å². The van der Waals surface area contributed by atoms with E-state index >= 15 is 0 Å². The summed E-state index contributed by atoms with van der Waals surface area (Å²) in [7, 11) is 0. The summed E-state index contributed by atoms with van der Waals surface area (Å²) in [5, 5.41) is 0.828. The molecule has 0 unspecified atom stereocenters. The van der Waals surface area contributed by atoms with Crippen molar-refractivity contribution in [3.8, 4) is 5.75 Å². The van der Waals surface area contributed by atoms with Crippen molar-refractivity contribution >= 4 is 28.3 Å². The first kappa shape index (κ1) is 20.3. The lowest BCUT2D eigenvalue weighted by Gasteiger charge is -2.10. The van der Waals surface area contributed by atoms with Gasteiger partial charge in [0, 0.05) is 18.1 Å². The Kier molecular flexibility index (Phi) is 5.98. The number of Topliss-reactive ketones (excluding diaryl/α,β-unsaturated/α-hetero) is 1. The summed E-state index contributed by atoms with van der Waals surface area (Å²) in [6.07, 6.45) is -2.41. The van der Waals surface area contributed by atoms with Gasteiger partial charge in [0.1, 0.15) is 5.75 Å². The molecule has 2 aromatic carbocycles. The van der Waals surface area contributed by atoms with Crippen molar-refractivity contribution in [3.05, 3.63) is 64.8 Å². The maximum absolute atomic E-state index is 13.0. The molecule has 28 heavy (non-hydrogen) atoms. The Morgan fingerprint density at radius 2 is 1.89 bits per heavy atom. The third kappa shape index (κ3) is 4.17. The van der Waals surface area contributed by atoms with Crippen LogP contribution >= 0.6 is 11.6 Å². The molecule has 0 atom stereocenters. The number of carbonyl (C=O) groups excluding carboxylic acids is 1. The van der Waals surface area contributed by atoms with Gasteiger partial charge in [0.2, 0.25) is 0 Å². The molecule has 7 heteroatoms. The molecule has 0 spiro atoms. The number of ether oxygens (including phenoxy) is 1. The minimum atomic E-state index is -4.91. The Bertz CT molecular complexity index is 995. The van der Waals surface area contributed by atoms with Crippen molar-refractivity contribution in [2.24, 2.45) is 0 Å². The van der Waals surface area contributed by atoms with Crippen LogP contribution in [0, 0.1) is 0 Å². The van der Waals surface area contributed by atoms with Crippen LogP contribution in [0.3, 0.4) is 0 Å². The molecule has 0 radical (unpaired) electrons. The largest absolute Gasteiger partial charge is 0.492 e. The first-order valence-corrected chi connectivity index (χ1v) is 9.30. The van der Waals surface area contributed by atoms with E-state index in [1.54, 1.807) is 34.9 Å². The van der Waals surface area contributed by atoms with E-state index in [0.29, 0.717) is 47.7 Å². The minimum absolute atomic E-state index is 0.315. The molecule has 0 aliphatic rings. The van der Waals surface area contributed by atoms with Gasteiger partial charge >= 0.3 is 6.18 Å². The second kappa shape index (κ2) is 8.27. The number of alkyl halides is 3. The molecule has 1 heterocycles. The first-order valence-electron chi connectivity index (χ1n) is 8.92. The summed E-state index contributed by atoms with van der Waals surface area (Å²) in [6, 6.07) is 12.2. The average Bonchev–Trinajstić information content (AvgIpc) is 3.04. The fourth-order valence-electron chi connectivity index (χ4n) is 3.21. The molecule has 3 rings (SSSR count). The van der Waals surface area contributed by atoms with Gasteiger partial charge in [-0.3, -0.25) is 4.79 Å². The number of rotatable bonds is 7. The Morgan fingerprint density at radius 3 is 2.57 bits per heavy atom. The number of benzene rings is 2. The number of aryl methyl sites for hydroxylation is 2. The van der Waals surface area contributed by atoms with Crippen molar-refractivity contribution in [2.45, 2.75) is 32.5 Å². The Labute approximate surface area is 165 Å². The maximum atomic E-state index is 13.0. The monoisotopic (exact) mass is 409 g/mol. The van der Waals surface area contributed by atoms with E-state index < -0.39 is 12.0 Å². The molecule has 0 N–H and O–H groups in total. The zero-order valence-corrected chi connectivity index (χ0v) is 16.0. The van der Waals surface area contributed by atoms with Gasteiger partial charge in [-0.25, -0.2) is 0 Å². The van der Waals surface area contributed by atoms with Gasteiger partial charge in [-0.05, 0) is 30.5 Å². The third-order valence-electron chi connectivity index (χ3n) is 4.50. The number of nitrogens with zero attached hydrogens (tertiary/aromatic N) is 1. The second-order valence-electron chi connectivity index (χ2n) is 6.36. The number of para-hydroxylation sites is 2. The molecule has 0 saturated carbocycles. The number of ketones is 1. The van der Waals surface area contributed by atoms with Crippen LogP contribution in [0.4, 0.5) is 13.2 Å². The number of halogens is 4. The molecule has 3 aromatic rings. The average molecular weight is 410 g/mol. The van der Waals surface area contributed by atoms with Gasteiger partial charge in [-0.2, -0.15) is 13.2 Å². The Morgan fingerprint density at radius 1 is 1.14 bits per heavy atom. The van der Waals surface area contributed by atoms with Crippen LogP contribution in [0.5, 0.6) is 5.75 Å². The van der Waals surface area contributed by atoms with E-state index in [4.69, 9.17) is 16.3 Å². The van der Waals surface area contributed by atoms with E-state index in [1.165, 1.54) is 6.20 Å². The summed E-state index contributed by atoms with van der Waals surface area (Å²) in [4.78, 5) is 11.9. The normalized spacial score (nSPS) is 11.8. The lowest BCUT2D eigenvalue weighted by atomic mass is 10.0. The molecule has 1 aromatic heterocycles. The van der Waals surface area contributed by atoms with Gasteiger partial charge in [-0.15, -0.1) is 0 Å². The van der Waals surface area contributed by atoms with Crippen LogP contribution in [0.15, 0.2) is 48.7 Å². The number of aromatic nitrogens is 1. The first-order chi connectivity index (χ1) is 13.3. The lowest BCUT2D eigenvalue weighted by Crippen LogP contribution is -2.22. The Hall–Kier alpha value is -2.47. The van der Waals surface area contributed by atoms with E-state index in [0.717, 1.165) is 5.56 Å². The van der Waals surface area contributed by atoms with E-state index in [9.17, 15) is 18.0 Å². The highest BCUT2D eigenvalue weighted by Crippen LogP contribution is 2.31. The molecule has 0 aliphatic heterocycles. The highest BCUT2D eigenvalue weighted by Gasteiger charge is 2.40. The highest BCUT2D eigenvalue weighted by molar-refractivity contribution is 6.32. The summed E-state index contributed by atoms with van der Waals surface area (Å²) in [5.74, 6) is -1.26. The summed E-state index contributed by atoms with van der Waals surface area (Å²) >= 11 is 6.04. The summed E-state index contributed by atoms with van der Waals surface area (Å²) < 4.78 is 46.3. The Balaban J connectivity index is 1.84. The number of carbonyl (C=O) groups is 1. The van der Waals surface area contributed by atoms with Gasteiger partial charge < -0.3 is 9.30 Å². The summed E-state index contributed by atoms with van der Waals surface area (Å²) in [6.45, 7) is 2.70. The van der Waals surface area contributed by atoms with Crippen molar-refractivity contribution in [3.63, 3.8) is 0 Å². The maximum Gasteiger partial charge on any atom is 0.454 e. The van der Waals surface area contributed by atoms with Crippen LogP contribution in [0.25, 0.3) is 10.9 Å².